The zero-order valence-corrected chi connectivity index (χ0v) is 14.9. The molecule has 128 valence electrons. The van der Waals surface area contributed by atoms with Crippen LogP contribution in [-0.2, 0) is 12.8 Å². The van der Waals surface area contributed by atoms with E-state index in [0.29, 0.717) is 0 Å². The van der Waals surface area contributed by atoms with Gasteiger partial charge in [-0.3, -0.25) is 9.20 Å². The highest BCUT2D eigenvalue weighted by Crippen LogP contribution is 2.25. The number of rotatable bonds is 3. The number of carbonyl (C=O) groups is 1. The van der Waals surface area contributed by atoms with Crippen molar-refractivity contribution in [1.82, 2.24) is 9.38 Å². The maximum atomic E-state index is 12.5. The molecule has 0 spiro atoms. The molecule has 0 bridgehead atoms. The first-order valence-corrected chi connectivity index (χ1v) is 9.60. The van der Waals surface area contributed by atoms with E-state index in [9.17, 15) is 4.79 Å². The van der Waals surface area contributed by atoms with Gasteiger partial charge in [0.15, 0.2) is 4.96 Å². The third-order valence-corrected chi connectivity index (χ3v) is 5.66. The molecule has 1 amide bonds. The number of hydrogen-bond donors (Lipinski definition) is 1. The summed E-state index contributed by atoms with van der Waals surface area (Å²) in [5, 5.41) is 5.00. The number of aromatic nitrogens is 2. The third kappa shape index (κ3) is 2.70. The smallest absolute Gasteiger partial charge is 0.255 e. The largest absolute Gasteiger partial charge is 0.322 e. The number of carbonyl (C=O) groups excluding carboxylic acids is 1. The fourth-order valence-electron chi connectivity index (χ4n) is 3.51. The van der Waals surface area contributed by atoms with Crippen LogP contribution >= 0.6 is 11.3 Å². The second-order valence-corrected chi connectivity index (χ2v) is 7.46. The highest BCUT2D eigenvalue weighted by atomic mass is 32.1. The zero-order chi connectivity index (χ0) is 17.5. The molecule has 2 aromatic heterocycles. The molecule has 0 radical (unpaired) electrons. The minimum atomic E-state index is -0.0602. The van der Waals surface area contributed by atoms with Crippen LogP contribution in [-0.4, -0.2) is 15.3 Å². The standard InChI is InChI=1S/C21H17N3OS/c25-20(17-5-4-14-2-1-3-16(14)12-17)22-18-8-6-15(7-9-18)19-13-24-10-11-26-21(24)23-19/h4-13H,1-3H2,(H,22,25). The lowest BCUT2D eigenvalue weighted by Crippen LogP contribution is -2.12. The molecule has 26 heavy (non-hydrogen) atoms. The number of fused-ring (bicyclic) bond motifs is 2. The highest BCUT2D eigenvalue weighted by molar-refractivity contribution is 7.15. The summed E-state index contributed by atoms with van der Waals surface area (Å²) < 4.78 is 2.02. The van der Waals surface area contributed by atoms with Gasteiger partial charge >= 0.3 is 0 Å². The molecule has 1 aliphatic carbocycles. The molecule has 0 fully saturated rings. The second-order valence-electron chi connectivity index (χ2n) is 6.59. The zero-order valence-electron chi connectivity index (χ0n) is 14.1. The van der Waals surface area contributed by atoms with Crippen molar-refractivity contribution in [3.63, 3.8) is 0 Å². The van der Waals surface area contributed by atoms with Gasteiger partial charge in [0.2, 0.25) is 0 Å². The van der Waals surface area contributed by atoms with Crippen LogP contribution in [0, 0.1) is 0 Å². The Labute approximate surface area is 155 Å². The maximum absolute atomic E-state index is 12.5. The van der Waals surface area contributed by atoms with Gasteiger partial charge in [-0.15, -0.1) is 11.3 Å². The molecule has 5 rings (SSSR count). The number of imidazole rings is 1. The summed E-state index contributed by atoms with van der Waals surface area (Å²) >= 11 is 1.62. The molecule has 1 N–H and O–H groups in total. The summed E-state index contributed by atoms with van der Waals surface area (Å²) in [6.45, 7) is 0. The van der Waals surface area contributed by atoms with Crippen molar-refractivity contribution in [2.45, 2.75) is 19.3 Å². The number of hydrogen-bond acceptors (Lipinski definition) is 3. The third-order valence-electron chi connectivity index (χ3n) is 4.89. The summed E-state index contributed by atoms with van der Waals surface area (Å²) in [5.41, 5.74) is 6.19. The van der Waals surface area contributed by atoms with E-state index in [-0.39, 0.29) is 5.91 Å². The molecular formula is C21H17N3OS. The molecule has 0 aliphatic heterocycles. The van der Waals surface area contributed by atoms with E-state index in [2.05, 4.69) is 16.4 Å². The van der Waals surface area contributed by atoms with Gasteiger partial charge in [-0.05, 0) is 54.7 Å². The number of nitrogens with one attached hydrogen (secondary N) is 1. The second kappa shape index (κ2) is 6.11. The number of nitrogens with zero attached hydrogens (tertiary/aromatic N) is 2. The lowest BCUT2D eigenvalue weighted by atomic mass is 10.1. The highest BCUT2D eigenvalue weighted by Gasteiger charge is 2.14. The molecule has 0 saturated heterocycles. The van der Waals surface area contributed by atoms with Crippen LogP contribution in [0.4, 0.5) is 5.69 Å². The summed E-state index contributed by atoms with van der Waals surface area (Å²) in [6.07, 6.45) is 7.41. The van der Waals surface area contributed by atoms with Gasteiger partial charge in [0.1, 0.15) is 0 Å². The van der Waals surface area contributed by atoms with Crippen LogP contribution < -0.4 is 5.32 Å². The quantitative estimate of drug-likeness (QED) is 0.571. The van der Waals surface area contributed by atoms with Crippen molar-refractivity contribution in [3.05, 3.63) is 76.9 Å². The minimum absolute atomic E-state index is 0.0602. The Kier molecular flexibility index (Phi) is 3.60. The predicted molar refractivity (Wildman–Crippen MR) is 105 cm³/mol. The van der Waals surface area contributed by atoms with Crippen LogP contribution in [0.2, 0.25) is 0 Å². The van der Waals surface area contributed by atoms with E-state index in [1.807, 2.05) is 58.6 Å². The first-order valence-electron chi connectivity index (χ1n) is 8.72. The van der Waals surface area contributed by atoms with Crippen molar-refractivity contribution in [2.75, 3.05) is 5.32 Å². The number of thiazole rings is 1. The van der Waals surface area contributed by atoms with Crippen LogP contribution in [0.25, 0.3) is 16.2 Å². The van der Waals surface area contributed by atoms with Gasteiger partial charge in [0.05, 0.1) is 5.69 Å². The number of amides is 1. The molecular weight excluding hydrogens is 342 g/mol. The van der Waals surface area contributed by atoms with E-state index in [1.165, 1.54) is 17.5 Å². The van der Waals surface area contributed by atoms with Crippen LogP contribution in [0.5, 0.6) is 0 Å². The van der Waals surface area contributed by atoms with Crippen molar-refractivity contribution in [2.24, 2.45) is 0 Å². The fourth-order valence-corrected chi connectivity index (χ4v) is 4.21. The molecule has 1 aliphatic rings. The summed E-state index contributed by atoms with van der Waals surface area (Å²) in [4.78, 5) is 18.1. The average Bonchev–Trinajstić information content (AvgIpc) is 3.37. The summed E-state index contributed by atoms with van der Waals surface area (Å²) in [5.74, 6) is -0.0602. The molecule has 2 heterocycles. The average molecular weight is 359 g/mol. The maximum Gasteiger partial charge on any atom is 0.255 e. The van der Waals surface area contributed by atoms with Crippen molar-refractivity contribution in [3.8, 4) is 11.3 Å². The van der Waals surface area contributed by atoms with Gasteiger partial charge in [-0.25, -0.2) is 4.98 Å². The van der Waals surface area contributed by atoms with Crippen LogP contribution in [0.1, 0.15) is 27.9 Å². The number of aryl methyl sites for hydroxylation is 2. The topological polar surface area (TPSA) is 46.4 Å². The van der Waals surface area contributed by atoms with Crippen molar-refractivity contribution >= 4 is 27.9 Å². The van der Waals surface area contributed by atoms with Crippen molar-refractivity contribution in [1.29, 1.82) is 0 Å². The SMILES string of the molecule is O=C(Nc1ccc(-c2cn3ccsc3n2)cc1)c1ccc2c(c1)CCC2. The summed E-state index contributed by atoms with van der Waals surface area (Å²) in [7, 11) is 0. The molecule has 0 atom stereocenters. The number of anilines is 1. The van der Waals surface area contributed by atoms with E-state index in [0.717, 1.165) is 40.3 Å². The number of benzene rings is 2. The summed E-state index contributed by atoms with van der Waals surface area (Å²) in [6, 6.07) is 13.9. The van der Waals surface area contributed by atoms with Gasteiger partial charge in [0.25, 0.3) is 5.91 Å². The Hall–Kier alpha value is -2.92. The molecule has 0 unspecified atom stereocenters. The monoisotopic (exact) mass is 359 g/mol. The van der Waals surface area contributed by atoms with Gasteiger partial charge < -0.3 is 5.32 Å². The Bertz CT molecular complexity index is 1080. The van der Waals surface area contributed by atoms with Crippen LogP contribution in [0.3, 0.4) is 0 Å². The van der Waals surface area contributed by atoms with Gasteiger partial charge in [0, 0.05) is 34.6 Å². The van der Waals surface area contributed by atoms with Crippen molar-refractivity contribution < 1.29 is 4.79 Å². The van der Waals surface area contributed by atoms with E-state index < -0.39 is 0 Å². The Morgan fingerprint density at radius 3 is 2.77 bits per heavy atom. The normalized spacial score (nSPS) is 13.1. The van der Waals surface area contributed by atoms with E-state index in [1.54, 1.807) is 11.3 Å². The lowest BCUT2D eigenvalue weighted by Gasteiger charge is -2.08. The molecule has 5 heteroatoms. The molecule has 0 saturated carbocycles. The molecule has 4 aromatic rings. The van der Waals surface area contributed by atoms with Crippen LogP contribution in [0.15, 0.2) is 60.2 Å². The van der Waals surface area contributed by atoms with Gasteiger partial charge in [-0.1, -0.05) is 18.2 Å². The lowest BCUT2D eigenvalue weighted by molar-refractivity contribution is 0.102. The molecule has 2 aromatic carbocycles. The Morgan fingerprint density at radius 1 is 1.08 bits per heavy atom. The Morgan fingerprint density at radius 2 is 1.92 bits per heavy atom. The molecule has 4 nitrogen and oxygen atoms in total. The Balaban J connectivity index is 1.34. The van der Waals surface area contributed by atoms with E-state index in [4.69, 9.17) is 0 Å². The first-order chi connectivity index (χ1) is 12.8. The fraction of sp³-hybridized carbons (Fsp3) is 0.143. The van der Waals surface area contributed by atoms with E-state index >= 15 is 0 Å². The predicted octanol–water partition coefficient (Wildman–Crippen LogP) is 4.80. The first kappa shape index (κ1) is 15.3. The minimum Gasteiger partial charge on any atom is -0.322 e. The van der Waals surface area contributed by atoms with Gasteiger partial charge in [-0.2, -0.15) is 0 Å².